The molecule has 3 aromatic rings. The van der Waals surface area contributed by atoms with Gasteiger partial charge in [0.1, 0.15) is 11.6 Å². The van der Waals surface area contributed by atoms with Crippen LogP contribution in [0, 0.1) is 11.6 Å². The summed E-state index contributed by atoms with van der Waals surface area (Å²) in [7, 11) is 0. The normalized spacial score (nSPS) is 15.8. The van der Waals surface area contributed by atoms with Crippen molar-refractivity contribution in [1.82, 2.24) is 15.0 Å². The van der Waals surface area contributed by atoms with Gasteiger partial charge in [0, 0.05) is 25.2 Å². The van der Waals surface area contributed by atoms with E-state index in [9.17, 15) is 22.3 Å². The van der Waals surface area contributed by atoms with Gasteiger partial charge in [-0.05, 0) is 59.5 Å². The quantitative estimate of drug-likeness (QED) is 0.554. The van der Waals surface area contributed by atoms with Crippen LogP contribution in [-0.2, 0) is 24.2 Å². The summed E-state index contributed by atoms with van der Waals surface area (Å²) in [5, 5.41) is 12.2. The van der Waals surface area contributed by atoms with Gasteiger partial charge in [0.25, 0.3) is 5.82 Å². The lowest BCUT2D eigenvalue weighted by Crippen LogP contribution is -2.33. The van der Waals surface area contributed by atoms with Crippen molar-refractivity contribution in [2.24, 2.45) is 0 Å². The van der Waals surface area contributed by atoms with Crippen molar-refractivity contribution in [3.63, 3.8) is 0 Å². The standard InChI is InChI=1S/C20H18F2N4O5S/c1-11(13-6-15(21)9-16(22)7-13)25-5-4-12-2-3-17(8-14(12)10-25)26(32(29)30)20-23-18(19(27)28)24-31-20/h2-3,6-9,11H,4-5,10H2,1H3,(H,27,28)(H,29,30)/p-1. The van der Waals surface area contributed by atoms with Crippen LogP contribution < -0.4 is 4.31 Å². The van der Waals surface area contributed by atoms with Gasteiger partial charge in [0.05, 0.1) is 17.0 Å². The summed E-state index contributed by atoms with van der Waals surface area (Å²) in [4.78, 5) is 16.6. The maximum atomic E-state index is 13.6. The van der Waals surface area contributed by atoms with Gasteiger partial charge in [0.15, 0.2) is 0 Å². The SMILES string of the molecule is CC(c1cc(F)cc(F)c1)N1CCc2ccc(N(c3nc(C(=O)O)no3)S(=O)[O-])cc2C1. The molecular formula is C20H17F2N4O5S-. The summed E-state index contributed by atoms with van der Waals surface area (Å²) < 4.78 is 56.5. The molecule has 4 rings (SSSR count). The Morgan fingerprint density at radius 2 is 1.97 bits per heavy atom. The maximum Gasteiger partial charge on any atom is 0.377 e. The van der Waals surface area contributed by atoms with E-state index in [1.807, 2.05) is 11.8 Å². The highest BCUT2D eigenvalue weighted by Crippen LogP contribution is 2.33. The molecule has 2 aromatic carbocycles. The molecule has 12 heteroatoms. The highest BCUT2D eigenvalue weighted by molar-refractivity contribution is 7.81. The molecule has 2 unspecified atom stereocenters. The zero-order valence-corrected chi connectivity index (χ0v) is 17.5. The van der Waals surface area contributed by atoms with E-state index in [0.29, 0.717) is 29.4 Å². The number of hydrogen-bond donors (Lipinski definition) is 1. The minimum Gasteiger partial charge on any atom is -0.755 e. The van der Waals surface area contributed by atoms with Crippen LogP contribution in [0.15, 0.2) is 40.9 Å². The van der Waals surface area contributed by atoms with Crippen molar-refractivity contribution in [3.05, 3.63) is 70.5 Å². The van der Waals surface area contributed by atoms with Crippen molar-refractivity contribution in [1.29, 1.82) is 0 Å². The van der Waals surface area contributed by atoms with Gasteiger partial charge >= 0.3 is 12.0 Å². The van der Waals surface area contributed by atoms with Crippen molar-refractivity contribution in [2.75, 3.05) is 10.8 Å². The van der Waals surface area contributed by atoms with Gasteiger partial charge in [-0.25, -0.2) is 17.9 Å². The number of aromatic carboxylic acids is 1. The number of fused-ring (bicyclic) bond motifs is 1. The smallest absolute Gasteiger partial charge is 0.377 e. The van der Waals surface area contributed by atoms with E-state index >= 15 is 0 Å². The first-order chi connectivity index (χ1) is 15.2. The van der Waals surface area contributed by atoms with Crippen molar-refractivity contribution >= 4 is 28.9 Å². The molecule has 1 aromatic heterocycles. The summed E-state index contributed by atoms with van der Waals surface area (Å²) in [6, 6.07) is 7.56. The predicted octanol–water partition coefficient (Wildman–Crippen LogP) is 3.10. The number of carboxylic acids is 1. The fourth-order valence-electron chi connectivity index (χ4n) is 3.69. The number of nitrogens with zero attached hydrogens (tertiary/aromatic N) is 4. The lowest BCUT2D eigenvalue weighted by Gasteiger charge is -2.34. The Bertz CT molecular complexity index is 1180. The first-order valence-electron chi connectivity index (χ1n) is 9.51. The van der Waals surface area contributed by atoms with Gasteiger partial charge in [-0.15, -0.1) is 0 Å². The van der Waals surface area contributed by atoms with Crippen LogP contribution in [-0.4, -0.2) is 41.4 Å². The maximum absolute atomic E-state index is 13.6. The van der Waals surface area contributed by atoms with E-state index in [4.69, 9.17) is 9.63 Å². The molecule has 1 aliphatic rings. The summed E-state index contributed by atoms with van der Waals surface area (Å²) in [6.45, 7) is 2.90. The highest BCUT2D eigenvalue weighted by atomic mass is 32.2. The number of carboxylic acid groups (broad SMARTS) is 1. The average Bonchev–Trinajstić information content (AvgIpc) is 3.22. The highest BCUT2D eigenvalue weighted by Gasteiger charge is 2.25. The molecule has 2 heterocycles. The van der Waals surface area contributed by atoms with Crippen LogP contribution in [0.25, 0.3) is 0 Å². The second-order valence-electron chi connectivity index (χ2n) is 7.27. The van der Waals surface area contributed by atoms with Crippen molar-refractivity contribution in [3.8, 4) is 0 Å². The molecule has 0 fully saturated rings. The van der Waals surface area contributed by atoms with E-state index in [2.05, 4.69) is 10.1 Å². The lowest BCUT2D eigenvalue weighted by molar-refractivity contribution is 0.0680. The first-order valence-corrected chi connectivity index (χ1v) is 10.5. The minimum atomic E-state index is -2.86. The molecule has 168 valence electrons. The molecule has 0 radical (unpaired) electrons. The van der Waals surface area contributed by atoms with Gasteiger partial charge in [-0.3, -0.25) is 9.11 Å². The lowest BCUT2D eigenvalue weighted by atomic mass is 9.96. The molecule has 1 N–H and O–H groups in total. The molecule has 0 spiro atoms. The summed E-state index contributed by atoms with van der Waals surface area (Å²) in [5.74, 6) is -3.43. The second kappa shape index (κ2) is 8.73. The third-order valence-corrected chi connectivity index (χ3v) is 5.98. The van der Waals surface area contributed by atoms with Gasteiger partial charge < -0.3 is 14.2 Å². The Morgan fingerprint density at radius 3 is 2.59 bits per heavy atom. The molecule has 9 nitrogen and oxygen atoms in total. The summed E-state index contributed by atoms with van der Waals surface area (Å²) in [6.07, 6.45) is 0.655. The Morgan fingerprint density at radius 1 is 1.25 bits per heavy atom. The number of hydrogen-bond acceptors (Lipinski definition) is 7. The first kappa shape index (κ1) is 22.0. The van der Waals surface area contributed by atoms with E-state index in [-0.39, 0.29) is 11.7 Å². The molecular weight excluding hydrogens is 446 g/mol. The van der Waals surface area contributed by atoms with Gasteiger partial charge in [-0.2, -0.15) is 4.98 Å². The largest absolute Gasteiger partial charge is 0.755 e. The predicted molar refractivity (Wildman–Crippen MR) is 108 cm³/mol. The monoisotopic (exact) mass is 463 g/mol. The molecule has 0 saturated heterocycles. The Labute approximate surface area is 183 Å². The number of benzene rings is 2. The Hall–Kier alpha value is -3.22. The zero-order valence-electron chi connectivity index (χ0n) is 16.7. The molecule has 0 aliphatic carbocycles. The Balaban J connectivity index is 1.62. The molecule has 32 heavy (non-hydrogen) atoms. The van der Waals surface area contributed by atoms with Crippen molar-refractivity contribution < 1.29 is 32.0 Å². The van der Waals surface area contributed by atoms with Gasteiger partial charge in [0.2, 0.25) is 0 Å². The van der Waals surface area contributed by atoms with Crippen LogP contribution in [0.2, 0.25) is 0 Å². The third-order valence-electron chi connectivity index (χ3n) is 5.31. The number of anilines is 2. The van der Waals surface area contributed by atoms with Crippen LogP contribution in [0.1, 0.15) is 40.3 Å². The molecule has 2 atom stereocenters. The van der Waals surface area contributed by atoms with E-state index < -0.39 is 40.7 Å². The topological polar surface area (TPSA) is 123 Å². The van der Waals surface area contributed by atoms with Crippen LogP contribution in [0.4, 0.5) is 20.5 Å². The van der Waals surface area contributed by atoms with Crippen LogP contribution >= 0.6 is 0 Å². The fourth-order valence-corrected chi connectivity index (χ4v) is 4.18. The van der Waals surface area contributed by atoms with E-state index in [1.165, 1.54) is 12.1 Å². The summed E-state index contributed by atoms with van der Waals surface area (Å²) in [5.41, 5.74) is 2.49. The third kappa shape index (κ3) is 4.38. The van der Waals surface area contributed by atoms with E-state index in [1.54, 1.807) is 18.2 Å². The number of carbonyl (C=O) groups is 1. The molecule has 0 saturated carbocycles. The number of rotatable bonds is 6. The average molecular weight is 463 g/mol. The number of aromatic nitrogens is 2. The minimum absolute atomic E-state index is 0.184. The fraction of sp³-hybridized carbons (Fsp3) is 0.250. The number of halogens is 2. The second-order valence-corrected chi connectivity index (χ2v) is 8.07. The van der Waals surface area contributed by atoms with Crippen molar-refractivity contribution in [2.45, 2.75) is 25.9 Å². The van der Waals surface area contributed by atoms with Gasteiger partial charge in [-0.1, -0.05) is 6.07 Å². The Kier molecular flexibility index (Phi) is 6.00. The van der Waals surface area contributed by atoms with Crippen LogP contribution in [0.5, 0.6) is 0 Å². The zero-order chi connectivity index (χ0) is 23.0. The van der Waals surface area contributed by atoms with E-state index in [0.717, 1.165) is 17.2 Å². The molecule has 0 amide bonds. The summed E-state index contributed by atoms with van der Waals surface area (Å²) >= 11 is -2.86. The van der Waals surface area contributed by atoms with Crippen LogP contribution in [0.3, 0.4) is 0 Å². The molecule has 0 bridgehead atoms. The molecule has 1 aliphatic heterocycles.